The molecular weight excluding hydrogens is 877 g/mol. The van der Waals surface area contributed by atoms with Crippen LogP contribution in [0.15, 0.2) is 72.8 Å². The Morgan fingerprint density at radius 1 is 0.486 bits per heavy atom. The van der Waals surface area contributed by atoms with E-state index in [0.717, 1.165) is 51.9 Å². The lowest BCUT2D eigenvalue weighted by Gasteiger charge is -2.45. The maximum Gasteiger partial charge on any atom is 0.242 e. The molecule has 3 saturated carbocycles. The number of piperazine rings is 3. The van der Waals surface area contributed by atoms with Crippen molar-refractivity contribution in [2.24, 2.45) is 23.6 Å². The summed E-state index contributed by atoms with van der Waals surface area (Å²) in [6, 6.07) is 21.7. The standard InChI is InChI=1S/C20H26N2O2.2C19H24N2O2/c1-14-6-8-16(9-7-14)20(24)21-12-18-17-5-3-2-4-15(17)10-11-22(18)19(23)13-21;2*22-18-13-20(19(23)15-7-2-1-3-8-15)12-17-16-9-5-4-6-14(16)10-11-21(17)18/h2-5,14,16,18H,6-13H2,1H3;2*4-6,9,15,17H,1-3,7-8,10-13H2/i6D2,7D2,8D2,9D2,14D;1D2,2D2,3D2,7D2,8D2,15D;1D2. The summed E-state index contributed by atoms with van der Waals surface area (Å²) >= 11 is 0. The van der Waals surface area contributed by atoms with Crippen LogP contribution in [0.2, 0.25) is 0 Å². The van der Waals surface area contributed by atoms with Crippen molar-refractivity contribution >= 4 is 35.4 Å². The van der Waals surface area contributed by atoms with Crippen molar-refractivity contribution in [1.29, 1.82) is 0 Å². The topological polar surface area (TPSA) is 122 Å². The number of rotatable bonds is 3. The summed E-state index contributed by atoms with van der Waals surface area (Å²) in [6.07, 6.45) is -28.6. The number of carbonyl (C=O) groups is 6. The SMILES string of the molecule is [2H]C1([2H])C(C(=O)N2CC(=O)N3CCc4ccccc4C3C2)C([2H])([2H])C([2H])([2H])C([2H])(C)C1([2H])[2H].[2H]C1([2H])C([2H])([2H])C([2H])([2H])C([2H])(C(=O)N2CC(=O)N3CCc4ccccc4C3C2)C([2H])([2H])C1([2H])[2H].[2H]C1([2H])CCC(C(=O)N2CC(=O)N3CCc4ccccc4C3C2)CC1. The Kier molecular flexibility index (Phi) is 8.73. The Morgan fingerprint density at radius 2 is 0.871 bits per heavy atom. The van der Waals surface area contributed by atoms with Gasteiger partial charge in [-0.1, -0.05) is 118 Å². The second-order valence-electron chi connectivity index (χ2n) is 18.9. The molecule has 9 aliphatic rings. The molecule has 0 spiro atoms. The highest BCUT2D eigenvalue weighted by atomic mass is 16.2. The predicted octanol–water partition coefficient (Wildman–Crippen LogP) is 7.85. The van der Waals surface area contributed by atoms with Crippen LogP contribution in [0.5, 0.6) is 0 Å². The lowest BCUT2D eigenvalue weighted by Crippen LogP contribution is -2.56. The molecule has 6 fully saturated rings. The molecule has 3 atom stereocenters. The first kappa shape index (κ1) is 28.5. The first-order valence-corrected chi connectivity index (χ1v) is 24.3. The number of benzene rings is 3. The highest BCUT2D eigenvalue weighted by molar-refractivity contribution is 5.89. The average molecular weight is 973 g/mol. The smallest absolute Gasteiger partial charge is 0.242 e. The summed E-state index contributed by atoms with van der Waals surface area (Å²) in [5.41, 5.74) is 5.98. The van der Waals surface area contributed by atoms with Crippen LogP contribution in [-0.2, 0) is 48.0 Å². The Bertz CT molecular complexity index is 3410. The largest absolute Gasteiger partial charge is 0.332 e. The molecule has 6 amide bonds. The van der Waals surface area contributed by atoms with Crippen LogP contribution in [0.1, 0.15) is 178 Å². The summed E-state index contributed by atoms with van der Waals surface area (Å²) in [4.78, 5) is 87.2. The van der Waals surface area contributed by atoms with Crippen LogP contribution in [0.3, 0.4) is 0 Å². The van der Waals surface area contributed by atoms with E-state index in [1.165, 1.54) is 11.1 Å². The van der Waals surface area contributed by atoms with E-state index in [1.807, 2.05) is 53.4 Å². The summed E-state index contributed by atoms with van der Waals surface area (Å²) in [7, 11) is 0. The molecule has 0 aromatic heterocycles. The van der Waals surface area contributed by atoms with Crippen molar-refractivity contribution < 1.29 is 58.9 Å². The third-order valence-corrected chi connectivity index (χ3v) is 14.7. The number of hydrogen-bond acceptors (Lipinski definition) is 6. The fourth-order valence-corrected chi connectivity index (χ4v) is 11.1. The first-order valence-electron chi connectivity index (χ1n) is 35.3. The van der Waals surface area contributed by atoms with Gasteiger partial charge in [0.2, 0.25) is 35.4 Å². The molecular formula is C58H74N6O6. The van der Waals surface area contributed by atoms with E-state index in [2.05, 4.69) is 12.1 Å². The highest BCUT2D eigenvalue weighted by Crippen LogP contribution is 2.38. The number of nitrogens with zero attached hydrogens (tertiary/aromatic N) is 6. The third-order valence-electron chi connectivity index (χ3n) is 14.7. The van der Waals surface area contributed by atoms with Gasteiger partial charge in [0.15, 0.2) is 0 Å². The molecule has 372 valence electrons. The van der Waals surface area contributed by atoms with Gasteiger partial charge in [0.25, 0.3) is 0 Å². The molecule has 70 heavy (non-hydrogen) atoms. The van der Waals surface area contributed by atoms with Crippen LogP contribution >= 0.6 is 0 Å². The van der Waals surface area contributed by atoms with Crippen LogP contribution in [-0.4, -0.2) is 124 Å². The van der Waals surface area contributed by atoms with Crippen molar-refractivity contribution in [3.05, 3.63) is 106 Å². The minimum Gasteiger partial charge on any atom is -0.332 e. The van der Waals surface area contributed by atoms with Crippen molar-refractivity contribution in [3.8, 4) is 0 Å². The maximum atomic E-state index is 13.7. The number of amides is 6. The molecule has 3 saturated heterocycles. The van der Waals surface area contributed by atoms with E-state index in [9.17, 15) is 28.8 Å². The first-order chi connectivity index (χ1) is 42.3. The van der Waals surface area contributed by atoms with E-state index in [0.29, 0.717) is 58.2 Å². The monoisotopic (exact) mass is 973 g/mol. The van der Waals surface area contributed by atoms with E-state index < -0.39 is 124 Å². The van der Waals surface area contributed by atoms with Gasteiger partial charge < -0.3 is 29.4 Å². The highest BCUT2D eigenvalue weighted by Gasteiger charge is 2.43. The van der Waals surface area contributed by atoms with E-state index in [4.69, 9.17) is 30.2 Å². The van der Waals surface area contributed by atoms with Crippen LogP contribution < -0.4 is 0 Å². The normalized spacial score (nSPS) is 40.0. The van der Waals surface area contributed by atoms with Crippen molar-refractivity contribution in [2.45, 2.75) is 134 Å². The number of carbonyl (C=O) groups excluding carboxylic acids is 6. The zero-order valence-corrected chi connectivity index (χ0v) is 39.3. The van der Waals surface area contributed by atoms with Crippen molar-refractivity contribution in [2.75, 3.05) is 58.9 Å². The van der Waals surface area contributed by atoms with Crippen molar-refractivity contribution in [3.63, 3.8) is 0 Å². The molecule has 6 heterocycles. The van der Waals surface area contributed by atoms with Gasteiger partial charge in [-0.15, -0.1) is 0 Å². The van der Waals surface area contributed by atoms with E-state index in [1.54, 1.807) is 26.8 Å². The second-order valence-corrected chi connectivity index (χ2v) is 18.9. The van der Waals surface area contributed by atoms with Gasteiger partial charge in [-0.3, -0.25) is 28.8 Å². The lowest BCUT2D eigenvalue weighted by atomic mass is 9.82. The molecule has 0 radical (unpaired) electrons. The number of hydrogen-bond donors (Lipinski definition) is 0. The fourth-order valence-electron chi connectivity index (χ4n) is 11.1. The minimum absolute atomic E-state index is 0.0326. The van der Waals surface area contributed by atoms with Crippen LogP contribution in [0.4, 0.5) is 0 Å². The zero-order chi connectivity index (χ0) is 68.1. The van der Waals surface area contributed by atoms with Crippen LogP contribution in [0.25, 0.3) is 0 Å². The van der Waals surface area contributed by atoms with Gasteiger partial charge in [0, 0.05) is 87.2 Å². The Balaban J connectivity index is 0.000000153. The van der Waals surface area contributed by atoms with Gasteiger partial charge in [0.1, 0.15) is 0 Å². The molecule has 3 aliphatic carbocycles. The Labute approximate surface area is 446 Å². The molecule has 12 nitrogen and oxygen atoms in total. The van der Waals surface area contributed by atoms with E-state index >= 15 is 0 Å². The summed E-state index contributed by atoms with van der Waals surface area (Å²) in [6.45, 7) is 1.81. The molecule has 12 rings (SSSR count). The van der Waals surface area contributed by atoms with Gasteiger partial charge in [-0.05, 0) is 110 Å². The molecule has 3 unspecified atom stereocenters. The lowest BCUT2D eigenvalue weighted by molar-refractivity contribution is -0.152. The molecule has 0 N–H and O–H groups in total. The quantitative estimate of drug-likeness (QED) is 0.264. The predicted molar refractivity (Wildman–Crippen MR) is 268 cm³/mol. The third kappa shape index (κ3) is 10.2. The maximum absolute atomic E-state index is 13.7. The second kappa shape index (κ2) is 21.5. The van der Waals surface area contributed by atoms with Crippen LogP contribution in [0, 0.1) is 23.6 Å². The molecule has 6 aliphatic heterocycles. The zero-order valence-electron chi connectivity index (χ0n) is 61.3. The molecule has 3 aromatic rings. The molecule has 0 bridgehead atoms. The number of fused-ring (bicyclic) bond motifs is 9. The van der Waals surface area contributed by atoms with Gasteiger partial charge in [-0.2, -0.15) is 0 Å². The van der Waals surface area contributed by atoms with Gasteiger partial charge in [-0.25, -0.2) is 0 Å². The summed E-state index contributed by atoms with van der Waals surface area (Å²) in [5.74, 6) is -12.7. The summed E-state index contributed by atoms with van der Waals surface area (Å²) in [5, 5.41) is 0. The Morgan fingerprint density at radius 3 is 1.30 bits per heavy atom. The van der Waals surface area contributed by atoms with Gasteiger partial charge in [0.05, 0.1) is 37.8 Å². The summed E-state index contributed by atoms with van der Waals surface area (Å²) < 4.78 is 180. The van der Waals surface area contributed by atoms with Gasteiger partial charge >= 0.3 is 0 Å². The van der Waals surface area contributed by atoms with Crippen molar-refractivity contribution in [1.82, 2.24) is 29.4 Å². The Hall–Kier alpha value is -5.52. The van der Waals surface area contributed by atoms with E-state index in [-0.39, 0.29) is 49.3 Å². The minimum atomic E-state index is -3.79. The molecule has 12 heteroatoms. The average Bonchev–Trinajstić information content (AvgIpc) is 0.669. The fraction of sp³-hybridized carbons (Fsp3) is 0.586. The molecule has 3 aromatic carbocycles.